The summed E-state index contributed by atoms with van der Waals surface area (Å²) in [6, 6.07) is 13.3. The van der Waals surface area contributed by atoms with E-state index in [2.05, 4.69) is 26.1 Å². The van der Waals surface area contributed by atoms with Crippen molar-refractivity contribution in [2.45, 2.75) is 40.0 Å². The molecule has 4 aromatic rings. The number of methoxy groups -OCH3 is 1. The number of rotatable bonds is 3. The van der Waals surface area contributed by atoms with Crippen molar-refractivity contribution in [1.29, 1.82) is 5.41 Å². The van der Waals surface area contributed by atoms with Gasteiger partial charge in [-0.3, -0.25) is 10.2 Å². The number of carbonyl (C=O) groups is 2. The Labute approximate surface area is 207 Å². The minimum Gasteiger partial charge on any atom is -0.465 e. The number of ether oxygens (including phenoxy) is 1. The van der Waals surface area contributed by atoms with Crippen molar-refractivity contribution in [1.82, 2.24) is 0 Å². The number of thiophene rings is 1. The number of hydrogen-bond donors (Lipinski definition) is 2. The molecule has 1 atom stereocenters. The predicted octanol–water partition coefficient (Wildman–Crippen LogP) is 6.32. The van der Waals surface area contributed by atoms with Gasteiger partial charge in [-0.2, -0.15) is 0 Å². The van der Waals surface area contributed by atoms with Crippen molar-refractivity contribution >= 4 is 50.0 Å². The van der Waals surface area contributed by atoms with Crippen LogP contribution in [0.1, 0.15) is 58.3 Å². The normalized spacial score (nSPS) is 15.7. The van der Waals surface area contributed by atoms with Gasteiger partial charge < -0.3 is 14.5 Å². The van der Waals surface area contributed by atoms with E-state index in [9.17, 15) is 9.59 Å². The van der Waals surface area contributed by atoms with E-state index in [0.29, 0.717) is 22.1 Å². The van der Waals surface area contributed by atoms with Gasteiger partial charge in [0.2, 0.25) is 5.55 Å². The topological polar surface area (TPSA) is 92.4 Å². The molecule has 0 saturated carbocycles. The van der Waals surface area contributed by atoms with Gasteiger partial charge in [0.1, 0.15) is 16.1 Å². The average molecular weight is 489 g/mol. The molecule has 1 aliphatic carbocycles. The summed E-state index contributed by atoms with van der Waals surface area (Å²) in [5.74, 6) is -0.438. The first kappa shape index (κ1) is 23.3. The standard InChI is InChI=1S/C28H28N2O4S/c1-28(2,3)16-10-11-18-22(13-16)35-26(23(18)27(32)33-4)30-25(31)20-14-19-17-8-6-5-7-15(17)9-12-21(19)34-24(20)29/h5-9,12,14,16,29H,10-11,13H2,1-4H3,(H,30,31). The number of hydrogen-bond acceptors (Lipinski definition) is 6. The summed E-state index contributed by atoms with van der Waals surface area (Å²) in [5.41, 5.74) is 2.00. The first-order valence-corrected chi connectivity index (χ1v) is 12.5. The lowest BCUT2D eigenvalue weighted by atomic mass is 9.72. The lowest BCUT2D eigenvalue weighted by Gasteiger charge is -2.33. The number of anilines is 1. The SMILES string of the molecule is COC(=O)c1c(NC(=O)c2cc3c(ccc4ccccc43)oc2=N)sc2c1CCC(C(C)(C)C)C2. The maximum Gasteiger partial charge on any atom is 0.341 e. The van der Waals surface area contributed by atoms with Gasteiger partial charge in [0.15, 0.2) is 0 Å². The van der Waals surface area contributed by atoms with E-state index in [-0.39, 0.29) is 16.5 Å². The molecule has 6 nitrogen and oxygen atoms in total. The number of nitrogens with one attached hydrogen (secondary N) is 2. The van der Waals surface area contributed by atoms with Gasteiger partial charge >= 0.3 is 5.97 Å². The van der Waals surface area contributed by atoms with Crippen LogP contribution in [-0.4, -0.2) is 19.0 Å². The molecule has 1 unspecified atom stereocenters. The van der Waals surface area contributed by atoms with Crippen molar-refractivity contribution in [3.05, 3.63) is 69.6 Å². The Balaban J connectivity index is 1.55. The first-order chi connectivity index (χ1) is 16.7. The lowest BCUT2D eigenvalue weighted by molar-refractivity contribution is 0.0600. The molecule has 0 aliphatic heterocycles. The van der Waals surface area contributed by atoms with Crippen LogP contribution in [0.5, 0.6) is 0 Å². The molecule has 0 fully saturated rings. The molecule has 7 heteroatoms. The summed E-state index contributed by atoms with van der Waals surface area (Å²) in [4.78, 5) is 27.2. The third-order valence-electron chi connectivity index (χ3n) is 7.03. The summed E-state index contributed by atoms with van der Waals surface area (Å²) < 4.78 is 10.8. The number of fused-ring (bicyclic) bond motifs is 4. The Bertz CT molecular complexity index is 1540. The van der Waals surface area contributed by atoms with Crippen molar-refractivity contribution < 1.29 is 18.7 Å². The van der Waals surface area contributed by atoms with Gasteiger partial charge in [-0.1, -0.05) is 51.1 Å². The summed E-state index contributed by atoms with van der Waals surface area (Å²) in [5, 5.41) is 14.4. The largest absolute Gasteiger partial charge is 0.465 e. The molecule has 0 radical (unpaired) electrons. The van der Waals surface area contributed by atoms with E-state index in [4.69, 9.17) is 14.6 Å². The average Bonchev–Trinajstić information content (AvgIpc) is 3.19. The van der Waals surface area contributed by atoms with Crippen LogP contribution in [0.2, 0.25) is 0 Å². The van der Waals surface area contributed by atoms with Gasteiger partial charge in [0.25, 0.3) is 5.91 Å². The lowest BCUT2D eigenvalue weighted by Crippen LogP contribution is -2.26. The molecule has 0 saturated heterocycles. The van der Waals surface area contributed by atoms with E-state index >= 15 is 0 Å². The number of esters is 1. The molecular weight excluding hydrogens is 460 g/mol. The Hall–Kier alpha value is -3.45. The zero-order valence-corrected chi connectivity index (χ0v) is 21.1. The smallest absolute Gasteiger partial charge is 0.341 e. The molecule has 2 heterocycles. The van der Waals surface area contributed by atoms with Crippen LogP contribution in [-0.2, 0) is 17.6 Å². The molecule has 1 aliphatic rings. The zero-order valence-electron chi connectivity index (χ0n) is 20.3. The van der Waals surface area contributed by atoms with Gasteiger partial charge in [-0.15, -0.1) is 11.3 Å². The third kappa shape index (κ3) is 4.14. The van der Waals surface area contributed by atoms with E-state index in [1.54, 1.807) is 6.07 Å². The van der Waals surface area contributed by atoms with Crippen LogP contribution in [0, 0.1) is 16.7 Å². The van der Waals surface area contributed by atoms with Crippen LogP contribution in [0.3, 0.4) is 0 Å². The fourth-order valence-corrected chi connectivity index (χ4v) is 6.27. The molecule has 0 bridgehead atoms. The minimum atomic E-state index is -0.482. The number of carbonyl (C=O) groups excluding carboxylic acids is 2. The Kier molecular flexibility index (Phi) is 5.75. The van der Waals surface area contributed by atoms with E-state index in [1.807, 2.05) is 36.4 Å². The van der Waals surface area contributed by atoms with Crippen molar-refractivity contribution in [3.63, 3.8) is 0 Å². The summed E-state index contributed by atoms with van der Waals surface area (Å²) in [6.45, 7) is 6.72. The molecule has 2 aromatic heterocycles. The summed E-state index contributed by atoms with van der Waals surface area (Å²) >= 11 is 1.44. The van der Waals surface area contributed by atoms with Gasteiger partial charge in [0.05, 0.1) is 12.7 Å². The molecule has 0 spiro atoms. The molecular formula is C28H28N2O4S. The molecule has 5 rings (SSSR count). The Morgan fingerprint density at radius 2 is 1.91 bits per heavy atom. The third-order valence-corrected chi connectivity index (χ3v) is 8.20. The highest BCUT2D eigenvalue weighted by Gasteiger charge is 2.34. The highest BCUT2D eigenvalue weighted by Crippen LogP contribution is 2.44. The molecule has 180 valence electrons. The van der Waals surface area contributed by atoms with Crippen molar-refractivity contribution in [2.24, 2.45) is 11.3 Å². The van der Waals surface area contributed by atoms with Crippen LogP contribution in [0.25, 0.3) is 21.7 Å². The summed E-state index contributed by atoms with van der Waals surface area (Å²) in [6.07, 6.45) is 2.62. The van der Waals surface area contributed by atoms with Gasteiger partial charge in [-0.25, -0.2) is 4.79 Å². The minimum absolute atomic E-state index is 0.114. The highest BCUT2D eigenvalue weighted by atomic mass is 32.1. The Morgan fingerprint density at radius 3 is 2.66 bits per heavy atom. The molecule has 1 amide bonds. The second-order valence-corrected chi connectivity index (χ2v) is 11.3. The second-order valence-electron chi connectivity index (χ2n) is 10.1. The van der Waals surface area contributed by atoms with Gasteiger partial charge in [0, 0.05) is 10.3 Å². The fourth-order valence-electron chi connectivity index (χ4n) is 4.96. The molecule has 2 aromatic carbocycles. The van der Waals surface area contributed by atoms with E-state index in [1.165, 1.54) is 18.4 Å². The van der Waals surface area contributed by atoms with E-state index < -0.39 is 11.9 Å². The first-order valence-electron chi connectivity index (χ1n) is 11.7. The number of benzene rings is 2. The van der Waals surface area contributed by atoms with E-state index in [0.717, 1.165) is 45.9 Å². The van der Waals surface area contributed by atoms with Crippen molar-refractivity contribution in [3.8, 4) is 0 Å². The predicted molar refractivity (Wildman–Crippen MR) is 138 cm³/mol. The van der Waals surface area contributed by atoms with Crippen LogP contribution >= 0.6 is 11.3 Å². The molecule has 35 heavy (non-hydrogen) atoms. The van der Waals surface area contributed by atoms with Crippen molar-refractivity contribution in [2.75, 3.05) is 12.4 Å². The zero-order chi connectivity index (χ0) is 24.9. The second kappa shape index (κ2) is 8.64. The van der Waals surface area contributed by atoms with Crippen LogP contribution in [0.4, 0.5) is 5.00 Å². The highest BCUT2D eigenvalue weighted by molar-refractivity contribution is 7.17. The fraction of sp³-hybridized carbons (Fsp3) is 0.321. The van der Waals surface area contributed by atoms with Crippen LogP contribution < -0.4 is 10.9 Å². The van der Waals surface area contributed by atoms with Crippen LogP contribution in [0.15, 0.2) is 46.9 Å². The monoisotopic (exact) mass is 488 g/mol. The maximum absolute atomic E-state index is 13.4. The molecule has 2 N–H and O–H groups in total. The Morgan fingerprint density at radius 1 is 1.14 bits per heavy atom. The quantitative estimate of drug-likeness (QED) is 0.261. The number of amides is 1. The maximum atomic E-state index is 13.4. The summed E-state index contributed by atoms with van der Waals surface area (Å²) in [7, 11) is 1.36. The van der Waals surface area contributed by atoms with Gasteiger partial charge in [-0.05, 0) is 59.1 Å².